The maximum absolute atomic E-state index is 12.2. The van der Waals surface area contributed by atoms with E-state index < -0.39 is 0 Å². The molecule has 0 fully saturated rings. The molecular weight excluding hydrogens is 212 g/mol. The normalized spacial score (nSPS) is 15.1. The first kappa shape index (κ1) is 12.4. The van der Waals surface area contributed by atoms with E-state index in [9.17, 15) is 4.79 Å². The van der Waals surface area contributed by atoms with Gasteiger partial charge in [0.15, 0.2) is 0 Å². The maximum atomic E-state index is 12.2. The summed E-state index contributed by atoms with van der Waals surface area (Å²) in [6.07, 6.45) is 4.64. The third-order valence-electron chi connectivity index (χ3n) is 3.51. The maximum Gasteiger partial charge on any atom is 0.255 e. The quantitative estimate of drug-likeness (QED) is 0.864. The monoisotopic (exact) mass is 234 g/mol. The predicted octanol–water partition coefficient (Wildman–Crippen LogP) is 1.76. The van der Waals surface area contributed by atoms with E-state index in [1.54, 1.807) is 0 Å². The summed E-state index contributed by atoms with van der Waals surface area (Å²) >= 11 is 0. The predicted molar refractivity (Wildman–Crippen MR) is 70.3 cm³/mol. The second-order valence-corrected chi connectivity index (χ2v) is 5.25. The van der Waals surface area contributed by atoms with Crippen molar-refractivity contribution in [2.45, 2.75) is 52.1 Å². The average molecular weight is 234 g/mol. The van der Waals surface area contributed by atoms with Gasteiger partial charge in [0.2, 0.25) is 0 Å². The van der Waals surface area contributed by atoms with Crippen molar-refractivity contribution >= 4 is 0 Å². The molecule has 0 saturated heterocycles. The molecule has 1 aliphatic carbocycles. The highest BCUT2D eigenvalue weighted by Crippen LogP contribution is 2.20. The molecule has 0 atom stereocenters. The molecule has 2 rings (SSSR count). The zero-order valence-corrected chi connectivity index (χ0v) is 11.0. The van der Waals surface area contributed by atoms with Gasteiger partial charge in [-0.3, -0.25) is 4.79 Å². The van der Waals surface area contributed by atoms with E-state index in [0.717, 1.165) is 18.4 Å². The summed E-state index contributed by atoms with van der Waals surface area (Å²) < 4.78 is 1.85. The van der Waals surface area contributed by atoms with Gasteiger partial charge in [-0.2, -0.15) is 0 Å². The molecule has 0 radical (unpaired) electrons. The van der Waals surface area contributed by atoms with Gasteiger partial charge in [-0.15, -0.1) is 0 Å². The van der Waals surface area contributed by atoms with E-state index in [4.69, 9.17) is 0 Å². The number of hydrogen-bond donors (Lipinski definition) is 1. The SMILES string of the molecule is CC(C)NCc1cc2c(n(C)c1=O)CCCC2. The van der Waals surface area contributed by atoms with Gasteiger partial charge in [-0.05, 0) is 37.3 Å². The van der Waals surface area contributed by atoms with Crippen molar-refractivity contribution in [2.24, 2.45) is 7.05 Å². The summed E-state index contributed by atoms with van der Waals surface area (Å²) in [5.41, 5.74) is 3.69. The van der Waals surface area contributed by atoms with Crippen LogP contribution in [-0.2, 0) is 26.4 Å². The van der Waals surface area contributed by atoms with E-state index in [1.165, 1.54) is 24.1 Å². The Hall–Kier alpha value is -1.09. The number of fused-ring (bicyclic) bond motifs is 1. The minimum Gasteiger partial charge on any atom is -0.315 e. The molecule has 0 saturated carbocycles. The number of nitrogens with one attached hydrogen (secondary N) is 1. The topological polar surface area (TPSA) is 34.0 Å². The van der Waals surface area contributed by atoms with Crippen LogP contribution in [0.1, 0.15) is 43.5 Å². The Kier molecular flexibility index (Phi) is 3.67. The van der Waals surface area contributed by atoms with Crippen LogP contribution < -0.4 is 10.9 Å². The first-order valence-corrected chi connectivity index (χ1v) is 6.53. The molecule has 0 spiro atoms. The number of aryl methyl sites for hydroxylation is 1. The molecule has 0 aromatic carbocycles. The van der Waals surface area contributed by atoms with Crippen LogP contribution in [0.15, 0.2) is 10.9 Å². The molecule has 94 valence electrons. The van der Waals surface area contributed by atoms with E-state index in [-0.39, 0.29) is 5.56 Å². The van der Waals surface area contributed by atoms with Crippen molar-refractivity contribution in [1.29, 1.82) is 0 Å². The van der Waals surface area contributed by atoms with Crippen LogP contribution >= 0.6 is 0 Å². The van der Waals surface area contributed by atoms with Gasteiger partial charge in [0, 0.05) is 30.9 Å². The molecule has 0 aliphatic heterocycles. The number of hydrogen-bond acceptors (Lipinski definition) is 2. The molecule has 3 heteroatoms. The summed E-state index contributed by atoms with van der Waals surface area (Å²) in [7, 11) is 1.91. The third kappa shape index (κ3) is 2.60. The molecule has 0 bridgehead atoms. The highest BCUT2D eigenvalue weighted by molar-refractivity contribution is 5.28. The van der Waals surface area contributed by atoms with Crippen molar-refractivity contribution in [2.75, 3.05) is 0 Å². The third-order valence-corrected chi connectivity index (χ3v) is 3.51. The molecule has 3 nitrogen and oxygen atoms in total. The molecule has 1 aromatic heterocycles. The summed E-state index contributed by atoms with van der Waals surface area (Å²) in [6.45, 7) is 4.88. The van der Waals surface area contributed by atoms with Crippen LogP contribution in [0, 0.1) is 0 Å². The summed E-state index contributed by atoms with van der Waals surface area (Å²) in [6, 6.07) is 2.53. The van der Waals surface area contributed by atoms with Gasteiger partial charge < -0.3 is 9.88 Å². The minimum absolute atomic E-state index is 0.166. The minimum atomic E-state index is 0.166. The average Bonchev–Trinajstić information content (AvgIpc) is 2.32. The van der Waals surface area contributed by atoms with Crippen LogP contribution in [0.5, 0.6) is 0 Å². The van der Waals surface area contributed by atoms with Gasteiger partial charge in [0.1, 0.15) is 0 Å². The standard InChI is InChI=1S/C14H22N2O/c1-10(2)15-9-12-8-11-6-4-5-7-13(11)16(3)14(12)17/h8,10,15H,4-7,9H2,1-3H3. The fraction of sp³-hybridized carbons (Fsp3) is 0.643. The molecule has 1 heterocycles. The smallest absolute Gasteiger partial charge is 0.255 e. The Bertz CT molecular complexity index is 460. The van der Waals surface area contributed by atoms with Crippen molar-refractivity contribution in [3.8, 4) is 0 Å². The lowest BCUT2D eigenvalue weighted by molar-refractivity contribution is 0.572. The zero-order chi connectivity index (χ0) is 12.4. The largest absolute Gasteiger partial charge is 0.315 e. The second kappa shape index (κ2) is 5.05. The highest BCUT2D eigenvalue weighted by atomic mass is 16.1. The van der Waals surface area contributed by atoms with Crippen LogP contribution in [0.2, 0.25) is 0 Å². The highest BCUT2D eigenvalue weighted by Gasteiger charge is 2.15. The van der Waals surface area contributed by atoms with Gasteiger partial charge >= 0.3 is 0 Å². The van der Waals surface area contributed by atoms with Gasteiger partial charge in [-0.1, -0.05) is 13.8 Å². The van der Waals surface area contributed by atoms with E-state index in [0.29, 0.717) is 12.6 Å². The number of nitrogens with zero attached hydrogens (tertiary/aromatic N) is 1. The number of rotatable bonds is 3. The first-order valence-electron chi connectivity index (χ1n) is 6.53. The van der Waals surface area contributed by atoms with E-state index in [1.807, 2.05) is 11.6 Å². The number of aromatic nitrogens is 1. The van der Waals surface area contributed by atoms with E-state index >= 15 is 0 Å². The fourth-order valence-corrected chi connectivity index (χ4v) is 2.50. The molecule has 0 unspecified atom stereocenters. The molecule has 1 aliphatic rings. The van der Waals surface area contributed by atoms with E-state index in [2.05, 4.69) is 25.2 Å². The van der Waals surface area contributed by atoms with Crippen LogP contribution in [0.3, 0.4) is 0 Å². The van der Waals surface area contributed by atoms with Gasteiger partial charge in [-0.25, -0.2) is 0 Å². The van der Waals surface area contributed by atoms with Crippen molar-refractivity contribution in [3.63, 3.8) is 0 Å². The van der Waals surface area contributed by atoms with Crippen molar-refractivity contribution in [1.82, 2.24) is 9.88 Å². The second-order valence-electron chi connectivity index (χ2n) is 5.25. The summed E-state index contributed by atoms with van der Waals surface area (Å²) in [4.78, 5) is 12.2. The van der Waals surface area contributed by atoms with Crippen LogP contribution in [-0.4, -0.2) is 10.6 Å². The lowest BCUT2D eigenvalue weighted by Gasteiger charge is -2.20. The first-order chi connectivity index (χ1) is 8.09. The van der Waals surface area contributed by atoms with Crippen LogP contribution in [0.25, 0.3) is 0 Å². The number of pyridine rings is 1. The zero-order valence-electron chi connectivity index (χ0n) is 11.0. The van der Waals surface area contributed by atoms with Gasteiger partial charge in [0.05, 0.1) is 0 Å². The summed E-state index contributed by atoms with van der Waals surface area (Å²) in [5.74, 6) is 0. The Morgan fingerprint density at radius 2 is 2.06 bits per heavy atom. The van der Waals surface area contributed by atoms with Gasteiger partial charge in [0.25, 0.3) is 5.56 Å². The van der Waals surface area contributed by atoms with Crippen molar-refractivity contribution < 1.29 is 0 Å². The van der Waals surface area contributed by atoms with Crippen LogP contribution in [0.4, 0.5) is 0 Å². The van der Waals surface area contributed by atoms with Crippen molar-refractivity contribution in [3.05, 3.63) is 33.2 Å². The Labute approximate surface area is 103 Å². The lowest BCUT2D eigenvalue weighted by atomic mass is 9.94. The lowest BCUT2D eigenvalue weighted by Crippen LogP contribution is -2.31. The Balaban J connectivity index is 2.34. The Morgan fingerprint density at radius 1 is 1.35 bits per heavy atom. The molecule has 17 heavy (non-hydrogen) atoms. The molecule has 1 N–H and O–H groups in total. The Morgan fingerprint density at radius 3 is 2.76 bits per heavy atom. The molecule has 1 aromatic rings. The molecular formula is C14H22N2O. The molecule has 0 amide bonds. The fourth-order valence-electron chi connectivity index (χ4n) is 2.50. The summed E-state index contributed by atoms with van der Waals surface area (Å²) in [5, 5.41) is 3.32.